The topological polar surface area (TPSA) is 50.1 Å². The molecule has 102 valence electrons. The molecule has 0 aromatic carbocycles. The third-order valence-corrected chi connectivity index (χ3v) is 5.15. The highest BCUT2D eigenvalue weighted by atomic mass is 79.9. The van der Waals surface area contributed by atoms with Crippen molar-refractivity contribution >= 4 is 15.9 Å². The summed E-state index contributed by atoms with van der Waals surface area (Å²) in [6.07, 6.45) is 1.58. The minimum atomic E-state index is -0.184. The first-order valence-corrected chi connectivity index (χ1v) is 7.28. The van der Waals surface area contributed by atoms with E-state index in [2.05, 4.69) is 47.1 Å². The largest absolute Gasteiger partial charge is 0.392 e. The lowest BCUT2D eigenvalue weighted by atomic mass is 9.64. The fourth-order valence-corrected chi connectivity index (χ4v) is 3.24. The summed E-state index contributed by atoms with van der Waals surface area (Å²) in [4.78, 5) is 0. The molecule has 1 aliphatic rings. The molecule has 1 aromatic rings. The van der Waals surface area contributed by atoms with Crippen molar-refractivity contribution in [3.05, 3.63) is 15.9 Å². The van der Waals surface area contributed by atoms with Crippen LogP contribution in [0, 0.1) is 5.41 Å². The number of aryl methyl sites for hydroxylation is 2. The van der Waals surface area contributed by atoms with Crippen molar-refractivity contribution in [3.63, 3.8) is 0 Å². The maximum atomic E-state index is 9.73. The number of aliphatic hydroxyl groups excluding tert-OH is 1. The van der Waals surface area contributed by atoms with Gasteiger partial charge >= 0.3 is 0 Å². The number of hydrogen-bond donors (Lipinski definition) is 2. The van der Waals surface area contributed by atoms with Gasteiger partial charge in [-0.2, -0.15) is 5.10 Å². The van der Waals surface area contributed by atoms with E-state index >= 15 is 0 Å². The summed E-state index contributed by atoms with van der Waals surface area (Å²) in [5.41, 5.74) is 2.24. The molecule has 2 unspecified atom stereocenters. The second-order valence-electron chi connectivity index (χ2n) is 5.69. The summed E-state index contributed by atoms with van der Waals surface area (Å²) in [5.74, 6) is 0. The van der Waals surface area contributed by atoms with Gasteiger partial charge in [0.25, 0.3) is 0 Å². The average molecular weight is 316 g/mol. The molecule has 0 radical (unpaired) electrons. The molecule has 2 rings (SSSR count). The Morgan fingerprint density at radius 3 is 2.67 bits per heavy atom. The van der Waals surface area contributed by atoms with Crippen LogP contribution in [-0.2, 0) is 20.0 Å². The maximum Gasteiger partial charge on any atom is 0.0767 e. The van der Waals surface area contributed by atoms with Crippen LogP contribution < -0.4 is 5.32 Å². The van der Waals surface area contributed by atoms with Gasteiger partial charge in [-0.15, -0.1) is 0 Å². The summed E-state index contributed by atoms with van der Waals surface area (Å²) < 4.78 is 3.04. The van der Waals surface area contributed by atoms with E-state index in [1.165, 1.54) is 5.69 Å². The zero-order valence-corrected chi connectivity index (χ0v) is 13.1. The molecule has 0 saturated heterocycles. The standard InChI is InChI=1S/C13H22BrN3O/c1-5-8-12(14)9(17(4)16-8)7-15-10-6-11(18)13(10,2)3/h10-11,15,18H,5-7H2,1-4H3. The predicted molar refractivity (Wildman–Crippen MR) is 75.3 cm³/mol. The molecule has 0 spiro atoms. The van der Waals surface area contributed by atoms with Gasteiger partial charge in [0.05, 0.1) is 22.0 Å². The predicted octanol–water partition coefficient (Wildman–Crippen LogP) is 1.99. The van der Waals surface area contributed by atoms with Crippen molar-refractivity contribution in [2.75, 3.05) is 0 Å². The van der Waals surface area contributed by atoms with E-state index in [-0.39, 0.29) is 11.5 Å². The normalized spacial score (nSPS) is 26.1. The molecule has 18 heavy (non-hydrogen) atoms. The van der Waals surface area contributed by atoms with Crippen LogP contribution in [0.1, 0.15) is 38.6 Å². The highest BCUT2D eigenvalue weighted by Gasteiger charge is 2.46. The Kier molecular flexibility index (Phi) is 3.85. The highest BCUT2D eigenvalue weighted by Crippen LogP contribution is 2.40. The molecule has 0 bridgehead atoms. The van der Waals surface area contributed by atoms with Gasteiger partial charge in [0.1, 0.15) is 0 Å². The summed E-state index contributed by atoms with van der Waals surface area (Å²) in [6.45, 7) is 7.10. The van der Waals surface area contributed by atoms with Crippen LogP contribution >= 0.6 is 15.9 Å². The molecular weight excluding hydrogens is 294 g/mol. The van der Waals surface area contributed by atoms with Crippen molar-refractivity contribution in [3.8, 4) is 0 Å². The van der Waals surface area contributed by atoms with E-state index in [4.69, 9.17) is 0 Å². The molecule has 1 saturated carbocycles. The van der Waals surface area contributed by atoms with Crippen LogP contribution in [0.15, 0.2) is 4.47 Å². The summed E-state index contributed by atoms with van der Waals surface area (Å²) >= 11 is 3.62. The Balaban J connectivity index is 2.01. The third-order valence-electron chi connectivity index (χ3n) is 4.23. The number of halogens is 1. The van der Waals surface area contributed by atoms with Crippen LogP contribution in [-0.4, -0.2) is 27.0 Å². The Bertz CT molecular complexity index is 442. The lowest BCUT2D eigenvalue weighted by Gasteiger charge is -2.49. The molecule has 2 N–H and O–H groups in total. The van der Waals surface area contributed by atoms with Gasteiger partial charge in [-0.3, -0.25) is 4.68 Å². The Morgan fingerprint density at radius 1 is 1.56 bits per heavy atom. The molecule has 5 heteroatoms. The quantitative estimate of drug-likeness (QED) is 0.893. The molecule has 1 fully saturated rings. The first kappa shape index (κ1) is 14.0. The average Bonchev–Trinajstić information content (AvgIpc) is 2.60. The first-order chi connectivity index (χ1) is 8.37. The Hall–Kier alpha value is -0.390. The van der Waals surface area contributed by atoms with Gasteiger partial charge in [0, 0.05) is 25.0 Å². The van der Waals surface area contributed by atoms with E-state index in [1.807, 2.05) is 11.7 Å². The zero-order chi connectivity index (χ0) is 13.5. The molecular formula is C13H22BrN3O. The second kappa shape index (κ2) is 4.94. The molecule has 0 aliphatic heterocycles. The van der Waals surface area contributed by atoms with E-state index in [0.717, 1.165) is 29.6 Å². The number of nitrogens with zero attached hydrogens (tertiary/aromatic N) is 2. The Morgan fingerprint density at radius 2 is 2.22 bits per heavy atom. The maximum absolute atomic E-state index is 9.73. The van der Waals surface area contributed by atoms with Crippen molar-refractivity contribution in [2.45, 2.75) is 52.3 Å². The third kappa shape index (κ3) is 2.24. The smallest absolute Gasteiger partial charge is 0.0767 e. The summed E-state index contributed by atoms with van der Waals surface area (Å²) in [5, 5.41) is 17.7. The molecule has 4 nitrogen and oxygen atoms in total. The SMILES string of the molecule is CCc1nn(C)c(CNC2CC(O)C2(C)C)c1Br. The number of rotatable bonds is 4. The van der Waals surface area contributed by atoms with Crippen LogP contribution in [0.2, 0.25) is 0 Å². The van der Waals surface area contributed by atoms with Gasteiger partial charge in [0.15, 0.2) is 0 Å². The fraction of sp³-hybridized carbons (Fsp3) is 0.769. The van der Waals surface area contributed by atoms with Gasteiger partial charge in [-0.25, -0.2) is 0 Å². The number of nitrogens with one attached hydrogen (secondary N) is 1. The molecule has 1 aliphatic carbocycles. The fourth-order valence-electron chi connectivity index (χ4n) is 2.48. The summed E-state index contributed by atoms with van der Waals surface area (Å²) in [7, 11) is 1.97. The lowest BCUT2D eigenvalue weighted by molar-refractivity contribution is -0.0731. The van der Waals surface area contributed by atoms with Crippen LogP contribution in [0.5, 0.6) is 0 Å². The van der Waals surface area contributed by atoms with Crippen LogP contribution in [0.25, 0.3) is 0 Å². The summed E-state index contributed by atoms with van der Waals surface area (Å²) in [6, 6.07) is 0.374. The highest BCUT2D eigenvalue weighted by molar-refractivity contribution is 9.10. The van der Waals surface area contributed by atoms with Crippen molar-refractivity contribution < 1.29 is 5.11 Å². The van der Waals surface area contributed by atoms with Crippen molar-refractivity contribution in [1.82, 2.24) is 15.1 Å². The second-order valence-corrected chi connectivity index (χ2v) is 6.48. The van der Waals surface area contributed by atoms with Crippen LogP contribution in [0.4, 0.5) is 0 Å². The van der Waals surface area contributed by atoms with Gasteiger partial charge < -0.3 is 10.4 Å². The van der Waals surface area contributed by atoms with E-state index in [1.54, 1.807) is 0 Å². The van der Waals surface area contributed by atoms with Gasteiger partial charge in [0.2, 0.25) is 0 Å². The van der Waals surface area contributed by atoms with Crippen molar-refractivity contribution in [2.24, 2.45) is 12.5 Å². The Labute approximate surface area is 117 Å². The van der Waals surface area contributed by atoms with Gasteiger partial charge in [-0.05, 0) is 28.8 Å². The number of aromatic nitrogens is 2. The van der Waals surface area contributed by atoms with E-state index in [0.29, 0.717) is 6.04 Å². The number of hydrogen-bond acceptors (Lipinski definition) is 3. The van der Waals surface area contributed by atoms with E-state index < -0.39 is 0 Å². The zero-order valence-electron chi connectivity index (χ0n) is 11.5. The molecule has 2 atom stereocenters. The first-order valence-electron chi connectivity index (χ1n) is 6.49. The van der Waals surface area contributed by atoms with Gasteiger partial charge in [-0.1, -0.05) is 20.8 Å². The molecule has 0 amide bonds. The van der Waals surface area contributed by atoms with E-state index in [9.17, 15) is 5.11 Å². The minimum absolute atomic E-state index is 0.0291. The molecule has 1 aromatic heterocycles. The monoisotopic (exact) mass is 315 g/mol. The number of aliphatic hydroxyl groups is 1. The lowest BCUT2D eigenvalue weighted by Crippen LogP contribution is -2.59. The van der Waals surface area contributed by atoms with Crippen molar-refractivity contribution in [1.29, 1.82) is 0 Å². The molecule has 1 heterocycles. The minimum Gasteiger partial charge on any atom is -0.392 e. The van der Waals surface area contributed by atoms with Crippen LogP contribution in [0.3, 0.4) is 0 Å².